The predicted octanol–water partition coefficient (Wildman–Crippen LogP) is 1.98. The van der Waals surface area contributed by atoms with E-state index in [9.17, 15) is 4.39 Å². The zero-order valence-corrected chi connectivity index (χ0v) is 9.67. The van der Waals surface area contributed by atoms with Crippen LogP contribution in [0.1, 0.15) is 0 Å². The van der Waals surface area contributed by atoms with Gasteiger partial charge in [-0.05, 0) is 18.2 Å². The third-order valence-electron chi connectivity index (χ3n) is 1.61. The Morgan fingerprint density at radius 2 is 2.07 bits per heavy atom. The average Bonchev–Trinajstić information content (AvgIpc) is 2.20. The second kappa shape index (κ2) is 6.76. The maximum absolute atomic E-state index is 13.2. The minimum Gasteiger partial charge on any atom is -0.488 e. The van der Waals surface area contributed by atoms with Crippen molar-refractivity contribution in [2.24, 2.45) is 0 Å². The molecule has 0 saturated heterocycles. The van der Waals surface area contributed by atoms with E-state index in [1.54, 1.807) is 12.1 Å². The van der Waals surface area contributed by atoms with Crippen LogP contribution >= 0.6 is 15.9 Å². The fraction of sp³-hybridized carbons (Fsp3) is 0.400. The summed E-state index contributed by atoms with van der Waals surface area (Å²) in [6.45, 7) is 0.841. The van der Waals surface area contributed by atoms with Crippen LogP contribution in [-0.4, -0.2) is 31.5 Å². The SMILES string of the molecule is OCCOCCOc1ccc(Br)cc1F. The minimum atomic E-state index is -0.411. The van der Waals surface area contributed by atoms with Crippen LogP contribution in [0.25, 0.3) is 0 Å². The summed E-state index contributed by atoms with van der Waals surface area (Å²) >= 11 is 3.15. The van der Waals surface area contributed by atoms with Crippen LogP contribution in [0.15, 0.2) is 22.7 Å². The van der Waals surface area contributed by atoms with Crippen molar-refractivity contribution in [3.05, 3.63) is 28.5 Å². The second-order valence-electron chi connectivity index (χ2n) is 2.76. The summed E-state index contributed by atoms with van der Waals surface area (Å²) in [5.74, 6) is -0.211. The van der Waals surface area contributed by atoms with Crippen LogP contribution in [0.3, 0.4) is 0 Å². The Balaban J connectivity index is 2.31. The summed E-state index contributed by atoms with van der Waals surface area (Å²) in [5, 5.41) is 8.43. The molecule has 0 spiro atoms. The molecule has 0 aliphatic rings. The van der Waals surface area contributed by atoms with Crippen molar-refractivity contribution >= 4 is 15.9 Å². The summed E-state index contributed by atoms with van der Waals surface area (Å²) in [7, 11) is 0. The molecule has 3 nitrogen and oxygen atoms in total. The fourth-order valence-electron chi connectivity index (χ4n) is 0.969. The summed E-state index contributed by atoms with van der Waals surface area (Å²) in [6, 6.07) is 4.59. The smallest absolute Gasteiger partial charge is 0.166 e. The molecule has 0 unspecified atom stereocenters. The lowest BCUT2D eigenvalue weighted by Crippen LogP contribution is -2.09. The second-order valence-corrected chi connectivity index (χ2v) is 3.67. The summed E-state index contributed by atoms with van der Waals surface area (Å²) in [6.07, 6.45) is 0. The number of rotatable bonds is 6. The van der Waals surface area contributed by atoms with Gasteiger partial charge in [-0.25, -0.2) is 4.39 Å². The third-order valence-corrected chi connectivity index (χ3v) is 2.11. The average molecular weight is 279 g/mol. The molecule has 0 aliphatic heterocycles. The van der Waals surface area contributed by atoms with Gasteiger partial charge in [0, 0.05) is 4.47 Å². The van der Waals surface area contributed by atoms with Crippen molar-refractivity contribution in [1.29, 1.82) is 0 Å². The first-order valence-corrected chi connectivity index (χ1v) is 5.30. The summed E-state index contributed by atoms with van der Waals surface area (Å²) in [4.78, 5) is 0. The van der Waals surface area contributed by atoms with Gasteiger partial charge in [0.2, 0.25) is 0 Å². The lowest BCUT2D eigenvalue weighted by atomic mass is 10.3. The standard InChI is InChI=1S/C10H12BrFO3/c11-8-1-2-10(9(12)7-8)15-6-5-14-4-3-13/h1-2,7,13H,3-6H2. The van der Waals surface area contributed by atoms with Gasteiger partial charge in [0.15, 0.2) is 11.6 Å². The molecule has 0 radical (unpaired) electrons. The van der Waals surface area contributed by atoms with Gasteiger partial charge in [-0.1, -0.05) is 15.9 Å². The molecular weight excluding hydrogens is 267 g/mol. The van der Waals surface area contributed by atoms with Gasteiger partial charge in [-0.15, -0.1) is 0 Å². The highest BCUT2D eigenvalue weighted by molar-refractivity contribution is 9.10. The normalized spacial score (nSPS) is 10.3. The molecule has 1 aromatic rings. The number of halogens is 2. The zero-order chi connectivity index (χ0) is 11.1. The highest BCUT2D eigenvalue weighted by Crippen LogP contribution is 2.21. The van der Waals surface area contributed by atoms with Gasteiger partial charge in [-0.3, -0.25) is 0 Å². The molecule has 0 bridgehead atoms. The first kappa shape index (κ1) is 12.4. The molecule has 0 aromatic heterocycles. The Bertz CT molecular complexity index is 307. The van der Waals surface area contributed by atoms with Gasteiger partial charge in [0.1, 0.15) is 6.61 Å². The van der Waals surface area contributed by atoms with Crippen molar-refractivity contribution in [1.82, 2.24) is 0 Å². The van der Waals surface area contributed by atoms with Crippen molar-refractivity contribution < 1.29 is 19.0 Å². The molecule has 0 saturated carbocycles. The van der Waals surface area contributed by atoms with Crippen molar-refractivity contribution in [2.45, 2.75) is 0 Å². The van der Waals surface area contributed by atoms with Crippen molar-refractivity contribution in [2.75, 3.05) is 26.4 Å². The summed E-state index contributed by atoms with van der Waals surface area (Å²) < 4.78 is 24.0. The maximum Gasteiger partial charge on any atom is 0.166 e. The largest absolute Gasteiger partial charge is 0.488 e. The first-order chi connectivity index (χ1) is 7.24. The predicted molar refractivity (Wildman–Crippen MR) is 57.5 cm³/mol. The van der Waals surface area contributed by atoms with E-state index in [1.165, 1.54) is 6.07 Å². The highest BCUT2D eigenvalue weighted by Gasteiger charge is 2.02. The monoisotopic (exact) mass is 278 g/mol. The number of hydrogen-bond acceptors (Lipinski definition) is 3. The van der Waals surface area contributed by atoms with E-state index in [-0.39, 0.29) is 25.6 Å². The van der Waals surface area contributed by atoms with Crippen molar-refractivity contribution in [3.63, 3.8) is 0 Å². The first-order valence-electron chi connectivity index (χ1n) is 4.50. The van der Waals surface area contributed by atoms with Crippen LogP contribution in [0, 0.1) is 5.82 Å². The van der Waals surface area contributed by atoms with Crippen LogP contribution in [0.2, 0.25) is 0 Å². The third kappa shape index (κ3) is 4.59. The van der Waals surface area contributed by atoms with E-state index in [0.717, 1.165) is 0 Å². The van der Waals surface area contributed by atoms with E-state index in [2.05, 4.69) is 15.9 Å². The highest BCUT2D eigenvalue weighted by atomic mass is 79.9. The molecule has 1 aromatic carbocycles. The van der Waals surface area contributed by atoms with Gasteiger partial charge in [-0.2, -0.15) is 0 Å². The van der Waals surface area contributed by atoms with E-state index in [4.69, 9.17) is 14.6 Å². The number of benzene rings is 1. The molecule has 0 aliphatic carbocycles. The Hall–Kier alpha value is -0.650. The number of aliphatic hydroxyl groups excluding tert-OH is 1. The fourth-order valence-corrected chi connectivity index (χ4v) is 1.30. The summed E-state index contributed by atoms with van der Waals surface area (Å²) in [5.41, 5.74) is 0. The zero-order valence-electron chi connectivity index (χ0n) is 8.08. The van der Waals surface area contributed by atoms with Gasteiger partial charge < -0.3 is 14.6 Å². The number of aliphatic hydroxyl groups is 1. The quantitative estimate of drug-likeness (QED) is 0.809. The molecule has 1 rings (SSSR count). The Morgan fingerprint density at radius 1 is 1.27 bits per heavy atom. The van der Waals surface area contributed by atoms with Gasteiger partial charge in [0.25, 0.3) is 0 Å². The molecule has 15 heavy (non-hydrogen) atoms. The van der Waals surface area contributed by atoms with Crippen LogP contribution in [0.5, 0.6) is 5.75 Å². The Kier molecular flexibility index (Phi) is 5.60. The number of ether oxygens (including phenoxy) is 2. The Morgan fingerprint density at radius 3 is 2.73 bits per heavy atom. The molecule has 0 fully saturated rings. The molecule has 1 N–H and O–H groups in total. The molecule has 0 amide bonds. The van der Waals surface area contributed by atoms with Crippen molar-refractivity contribution in [3.8, 4) is 5.75 Å². The van der Waals surface area contributed by atoms with E-state index in [0.29, 0.717) is 11.1 Å². The lowest BCUT2D eigenvalue weighted by Gasteiger charge is -2.07. The van der Waals surface area contributed by atoms with E-state index in [1.807, 2.05) is 0 Å². The van der Waals surface area contributed by atoms with Crippen LogP contribution in [0.4, 0.5) is 4.39 Å². The maximum atomic E-state index is 13.2. The molecule has 5 heteroatoms. The van der Waals surface area contributed by atoms with Gasteiger partial charge in [0.05, 0.1) is 19.8 Å². The lowest BCUT2D eigenvalue weighted by molar-refractivity contribution is 0.0696. The molecule has 0 atom stereocenters. The Labute approximate surface area is 95.9 Å². The van der Waals surface area contributed by atoms with Gasteiger partial charge >= 0.3 is 0 Å². The van der Waals surface area contributed by atoms with Crippen LogP contribution in [-0.2, 0) is 4.74 Å². The number of hydrogen-bond donors (Lipinski definition) is 1. The molecule has 0 heterocycles. The topological polar surface area (TPSA) is 38.7 Å². The molecule has 84 valence electrons. The van der Waals surface area contributed by atoms with E-state index < -0.39 is 5.82 Å². The van der Waals surface area contributed by atoms with Crippen LogP contribution < -0.4 is 4.74 Å². The molecular formula is C10H12BrFO3. The van der Waals surface area contributed by atoms with E-state index >= 15 is 0 Å². The minimum absolute atomic E-state index is 0.0212.